The summed E-state index contributed by atoms with van der Waals surface area (Å²) < 4.78 is 0. The second-order valence-corrected chi connectivity index (χ2v) is 7.51. The molecule has 0 aliphatic heterocycles. The van der Waals surface area contributed by atoms with Gasteiger partial charge in [-0.2, -0.15) is 0 Å². The molecule has 0 saturated heterocycles. The maximum Gasteiger partial charge on any atom is 0.317 e. The number of hydrogen-bond donors (Lipinski definition) is 4. The molecule has 5 nitrogen and oxygen atoms in total. The number of aliphatic hydroxyl groups is 2. The summed E-state index contributed by atoms with van der Waals surface area (Å²) in [4.78, 5) is 10.5. The van der Waals surface area contributed by atoms with Crippen molar-refractivity contribution in [1.29, 1.82) is 0 Å². The highest BCUT2D eigenvalue weighted by atomic mass is 16.4. The summed E-state index contributed by atoms with van der Waals surface area (Å²) in [5.41, 5.74) is 1.36. The van der Waals surface area contributed by atoms with E-state index in [1.807, 2.05) is 12.2 Å². The third-order valence-electron chi connectivity index (χ3n) is 5.51. The van der Waals surface area contributed by atoms with Gasteiger partial charge in [0.2, 0.25) is 0 Å². The number of aliphatic hydroxyl groups excluding tert-OH is 2. The number of carbonyl (C=O) groups is 1. The fourth-order valence-electron chi connectivity index (χ4n) is 4.19. The lowest BCUT2D eigenvalue weighted by Crippen LogP contribution is -2.23. The zero-order valence-electron chi connectivity index (χ0n) is 15.2. The van der Waals surface area contributed by atoms with Crippen LogP contribution in [0.4, 0.5) is 0 Å². The fourth-order valence-corrected chi connectivity index (χ4v) is 4.19. The molecule has 0 radical (unpaired) electrons. The predicted molar refractivity (Wildman–Crippen MR) is 98.2 cm³/mol. The molecule has 5 atom stereocenters. The average molecular weight is 351 g/mol. The monoisotopic (exact) mass is 351 g/mol. The smallest absolute Gasteiger partial charge is 0.317 e. The molecule has 0 aromatic rings. The van der Waals surface area contributed by atoms with Crippen LogP contribution in [0, 0.1) is 17.8 Å². The van der Waals surface area contributed by atoms with Gasteiger partial charge in [0, 0.05) is 5.92 Å². The zero-order valence-corrected chi connectivity index (χ0v) is 15.2. The van der Waals surface area contributed by atoms with E-state index in [1.54, 1.807) is 0 Å². The summed E-state index contributed by atoms with van der Waals surface area (Å²) in [7, 11) is 0. The Morgan fingerprint density at radius 1 is 1.44 bits per heavy atom. The maximum absolute atomic E-state index is 10.5. The van der Waals surface area contributed by atoms with Gasteiger partial charge in [0.05, 0.1) is 18.8 Å². The third-order valence-corrected chi connectivity index (χ3v) is 5.51. The first-order valence-electron chi connectivity index (χ1n) is 9.67. The molecule has 0 aromatic carbocycles. The van der Waals surface area contributed by atoms with Crippen molar-refractivity contribution in [3.63, 3.8) is 0 Å². The number of rotatable bonds is 11. The van der Waals surface area contributed by atoms with Gasteiger partial charge in [-0.05, 0) is 44.1 Å². The van der Waals surface area contributed by atoms with Crippen LogP contribution in [0.5, 0.6) is 0 Å². The summed E-state index contributed by atoms with van der Waals surface area (Å²) in [5, 5.41) is 32.0. The molecule has 1 saturated carbocycles. The van der Waals surface area contributed by atoms with Crippen molar-refractivity contribution < 1.29 is 20.1 Å². The van der Waals surface area contributed by atoms with Crippen LogP contribution in [0.1, 0.15) is 51.9 Å². The number of carboxylic acids is 1. The first-order chi connectivity index (χ1) is 12.0. The van der Waals surface area contributed by atoms with Gasteiger partial charge in [0.15, 0.2) is 0 Å². The molecule has 0 aromatic heterocycles. The van der Waals surface area contributed by atoms with Crippen molar-refractivity contribution in [3.8, 4) is 0 Å². The zero-order chi connectivity index (χ0) is 18.2. The van der Waals surface area contributed by atoms with E-state index < -0.39 is 12.1 Å². The highest BCUT2D eigenvalue weighted by Gasteiger charge is 2.43. The summed E-state index contributed by atoms with van der Waals surface area (Å²) in [6, 6.07) is 0. The van der Waals surface area contributed by atoms with Crippen molar-refractivity contribution in [2.45, 2.75) is 64.1 Å². The first-order valence-corrected chi connectivity index (χ1v) is 9.67. The number of nitrogens with one attached hydrogen (secondary N) is 1. The maximum atomic E-state index is 10.5. The van der Waals surface area contributed by atoms with Crippen LogP contribution in [-0.2, 0) is 4.79 Å². The van der Waals surface area contributed by atoms with Gasteiger partial charge in [-0.3, -0.25) is 4.79 Å². The van der Waals surface area contributed by atoms with Crippen molar-refractivity contribution in [2.75, 3.05) is 13.1 Å². The van der Waals surface area contributed by atoms with Gasteiger partial charge in [0.25, 0.3) is 0 Å². The Bertz CT molecular complexity index is 488. The van der Waals surface area contributed by atoms with E-state index in [0.29, 0.717) is 18.4 Å². The standard InChI is InChI=1S/C20H33NO4/c1-2-3-4-5-16(22)6-7-17-18-11-14(8-9-21-13-20(24)25)10-15(18)12-19(17)23/h6-7,10,15-19,21-23H,2-5,8-9,11-13H2,1H3,(H,24,25)/t15?,16-,17+,18-,19+/m0/s1. The van der Waals surface area contributed by atoms with Gasteiger partial charge >= 0.3 is 5.97 Å². The first kappa shape index (κ1) is 20.1. The predicted octanol–water partition coefficient (Wildman–Crippen LogP) is 2.49. The Morgan fingerprint density at radius 3 is 2.96 bits per heavy atom. The molecular formula is C20H33NO4. The molecule has 2 aliphatic rings. The minimum absolute atomic E-state index is 0.000133. The molecule has 4 N–H and O–H groups in total. The Kier molecular flexibility index (Phi) is 8.13. The minimum Gasteiger partial charge on any atom is -0.480 e. The molecule has 1 unspecified atom stereocenters. The van der Waals surface area contributed by atoms with Gasteiger partial charge in [-0.25, -0.2) is 0 Å². The number of aliphatic carboxylic acids is 1. The topological polar surface area (TPSA) is 89.8 Å². The van der Waals surface area contributed by atoms with E-state index >= 15 is 0 Å². The lowest BCUT2D eigenvalue weighted by molar-refractivity contribution is -0.135. The van der Waals surface area contributed by atoms with Crippen LogP contribution in [0.25, 0.3) is 0 Å². The molecule has 142 valence electrons. The van der Waals surface area contributed by atoms with Crippen molar-refractivity contribution in [3.05, 3.63) is 23.8 Å². The van der Waals surface area contributed by atoms with Crippen LogP contribution in [-0.4, -0.2) is 46.6 Å². The van der Waals surface area contributed by atoms with E-state index in [-0.39, 0.29) is 18.6 Å². The number of allylic oxidation sites excluding steroid dienone is 1. The minimum atomic E-state index is -0.830. The summed E-state index contributed by atoms with van der Waals surface area (Å²) in [6.07, 6.45) is 12.2. The van der Waals surface area contributed by atoms with E-state index in [4.69, 9.17) is 5.11 Å². The quantitative estimate of drug-likeness (QED) is 0.339. The van der Waals surface area contributed by atoms with Crippen LogP contribution in [0.2, 0.25) is 0 Å². The number of carboxylic acid groups (broad SMARTS) is 1. The van der Waals surface area contributed by atoms with Crippen LogP contribution >= 0.6 is 0 Å². The Morgan fingerprint density at radius 2 is 2.24 bits per heavy atom. The van der Waals surface area contributed by atoms with Gasteiger partial charge < -0.3 is 20.6 Å². The van der Waals surface area contributed by atoms with Crippen LogP contribution in [0.15, 0.2) is 23.8 Å². The average Bonchev–Trinajstić information content (AvgIpc) is 3.06. The molecule has 25 heavy (non-hydrogen) atoms. The van der Waals surface area contributed by atoms with Gasteiger partial charge in [0.1, 0.15) is 0 Å². The van der Waals surface area contributed by atoms with Gasteiger partial charge in [-0.1, -0.05) is 50.0 Å². The lowest BCUT2D eigenvalue weighted by Gasteiger charge is -2.19. The highest BCUT2D eigenvalue weighted by Crippen LogP contribution is 2.47. The molecule has 1 fully saturated rings. The SMILES string of the molecule is CCCCC[C@H](O)C=C[C@H]1[C@H](O)CC2C=C(CCNCC(=O)O)C[C@@H]21. The van der Waals surface area contributed by atoms with Crippen molar-refractivity contribution in [1.82, 2.24) is 5.32 Å². The Labute approximate surface area is 150 Å². The van der Waals surface area contributed by atoms with Crippen molar-refractivity contribution in [2.24, 2.45) is 17.8 Å². The molecule has 0 spiro atoms. The molecule has 5 heteroatoms. The third kappa shape index (κ3) is 6.24. The number of unbranched alkanes of at least 4 members (excludes halogenated alkanes) is 2. The second-order valence-electron chi connectivity index (χ2n) is 7.51. The molecule has 0 bridgehead atoms. The largest absolute Gasteiger partial charge is 0.480 e. The van der Waals surface area contributed by atoms with Gasteiger partial charge in [-0.15, -0.1) is 0 Å². The summed E-state index contributed by atoms with van der Waals surface area (Å²) in [6.45, 7) is 2.83. The van der Waals surface area contributed by atoms with E-state index in [0.717, 1.165) is 44.9 Å². The Balaban J connectivity index is 1.78. The summed E-state index contributed by atoms with van der Waals surface area (Å²) in [5.74, 6) is 0.120. The fraction of sp³-hybridized carbons (Fsp3) is 0.750. The highest BCUT2D eigenvalue weighted by molar-refractivity contribution is 5.68. The second kappa shape index (κ2) is 10.1. The molecule has 0 heterocycles. The molecule has 0 amide bonds. The van der Waals surface area contributed by atoms with E-state index in [9.17, 15) is 15.0 Å². The number of hydrogen-bond acceptors (Lipinski definition) is 4. The molecular weight excluding hydrogens is 318 g/mol. The van der Waals surface area contributed by atoms with E-state index in [2.05, 4.69) is 18.3 Å². The van der Waals surface area contributed by atoms with E-state index in [1.165, 1.54) is 5.57 Å². The van der Waals surface area contributed by atoms with Crippen LogP contribution in [0.3, 0.4) is 0 Å². The Hall–Kier alpha value is -1.17. The van der Waals surface area contributed by atoms with Crippen molar-refractivity contribution >= 4 is 5.97 Å². The van der Waals surface area contributed by atoms with Crippen LogP contribution < -0.4 is 5.32 Å². The normalized spacial score (nSPS) is 29.8. The summed E-state index contributed by atoms with van der Waals surface area (Å²) >= 11 is 0. The molecule has 2 rings (SSSR count). The molecule has 2 aliphatic carbocycles. The number of fused-ring (bicyclic) bond motifs is 1. The lowest BCUT2D eigenvalue weighted by atomic mass is 9.88.